The molecule has 0 saturated carbocycles. The molecule has 0 spiro atoms. The van der Waals surface area contributed by atoms with Gasteiger partial charge in [0.1, 0.15) is 0 Å². The van der Waals surface area contributed by atoms with Crippen molar-refractivity contribution >= 4 is 51.7 Å². The van der Waals surface area contributed by atoms with Gasteiger partial charge in [-0.3, -0.25) is 14.4 Å². The number of benzene rings is 2. The summed E-state index contributed by atoms with van der Waals surface area (Å²) in [6.45, 7) is 0. The van der Waals surface area contributed by atoms with Crippen molar-refractivity contribution in [2.45, 2.75) is 0 Å². The van der Waals surface area contributed by atoms with Gasteiger partial charge in [0.2, 0.25) is 0 Å². The lowest BCUT2D eigenvalue weighted by Crippen LogP contribution is -2.21. The van der Waals surface area contributed by atoms with Crippen LogP contribution in [0.3, 0.4) is 0 Å². The summed E-state index contributed by atoms with van der Waals surface area (Å²) in [5.41, 5.74) is 1.55. The minimum absolute atomic E-state index is 0.00390. The molecule has 4 rings (SSSR count). The van der Waals surface area contributed by atoms with Crippen LogP contribution < -0.4 is 10.6 Å². The monoisotopic (exact) mass is 404 g/mol. The summed E-state index contributed by atoms with van der Waals surface area (Å²) in [6, 6.07) is 10.8. The van der Waals surface area contributed by atoms with Gasteiger partial charge in [-0.2, -0.15) is 0 Å². The predicted octanol–water partition coefficient (Wildman–Crippen LogP) is 2.51. The fraction of sp³-hybridized carbons (Fsp3) is 0.0952. The van der Waals surface area contributed by atoms with Gasteiger partial charge < -0.3 is 20.6 Å². The molecule has 1 aromatic heterocycles. The molecule has 0 radical (unpaired) electrons. The van der Waals surface area contributed by atoms with E-state index in [-0.39, 0.29) is 34.1 Å². The van der Waals surface area contributed by atoms with Crippen LogP contribution in [0.5, 0.6) is 0 Å². The van der Waals surface area contributed by atoms with Gasteiger partial charge in [0.25, 0.3) is 17.6 Å². The lowest BCUT2D eigenvalue weighted by atomic mass is 10.0. The first-order valence-corrected chi connectivity index (χ1v) is 8.91. The van der Waals surface area contributed by atoms with E-state index in [4.69, 9.17) is 0 Å². The van der Waals surface area contributed by atoms with E-state index in [1.807, 2.05) is 0 Å². The number of carbonyl (C=O) groups excluding carboxylic acids is 3. The Morgan fingerprint density at radius 3 is 2.53 bits per heavy atom. The first kappa shape index (κ1) is 19.1. The number of anilines is 3. The summed E-state index contributed by atoms with van der Waals surface area (Å²) in [6.07, 6.45) is 0. The third-order valence-electron chi connectivity index (χ3n) is 4.68. The average Bonchev–Trinajstić information content (AvgIpc) is 3.02. The van der Waals surface area contributed by atoms with E-state index in [9.17, 15) is 24.3 Å². The van der Waals surface area contributed by atoms with Crippen LogP contribution in [0.4, 0.5) is 17.2 Å². The van der Waals surface area contributed by atoms with Crippen molar-refractivity contribution in [3.05, 3.63) is 59.2 Å². The second-order valence-electron chi connectivity index (χ2n) is 6.94. The lowest BCUT2D eigenvalue weighted by molar-refractivity contribution is -0.112. The molecule has 9 nitrogen and oxygen atoms in total. The largest absolute Gasteiger partial charge is 0.478 e. The third kappa shape index (κ3) is 3.12. The Morgan fingerprint density at radius 2 is 1.83 bits per heavy atom. The van der Waals surface area contributed by atoms with E-state index in [2.05, 4.69) is 15.6 Å². The Kier molecular flexibility index (Phi) is 4.42. The number of pyridine rings is 1. The van der Waals surface area contributed by atoms with Crippen LogP contribution in [-0.2, 0) is 4.79 Å². The summed E-state index contributed by atoms with van der Waals surface area (Å²) in [7, 11) is 3.28. The molecule has 2 heterocycles. The molecule has 150 valence electrons. The van der Waals surface area contributed by atoms with Gasteiger partial charge in [-0.1, -0.05) is 12.1 Å². The molecule has 0 fully saturated rings. The van der Waals surface area contributed by atoms with Crippen LogP contribution in [0.1, 0.15) is 31.1 Å². The van der Waals surface area contributed by atoms with E-state index in [0.29, 0.717) is 16.6 Å². The Balaban J connectivity index is 1.85. The van der Waals surface area contributed by atoms with Crippen molar-refractivity contribution in [2.75, 3.05) is 24.7 Å². The smallest absolute Gasteiger partial charge is 0.335 e. The van der Waals surface area contributed by atoms with Crippen molar-refractivity contribution in [1.29, 1.82) is 0 Å². The minimum Gasteiger partial charge on any atom is -0.478 e. The van der Waals surface area contributed by atoms with Crippen molar-refractivity contribution in [1.82, 2.24) is 9.88 Å². The van der Waals surface area contributed by atoms with Crippen LogP contribution in [0.15, 0.2) is 42.5 Å². The molecule has 0 aliphatic carbocycles. The molecule has 3 aromatic rings. The van der Waals surface area contributed by atoms with E-state index in [1.165, 1.54) is 23.1 Å². The average molecular weight is 404 g/mol. The first-order chi connectivity index (χ1) is 14.3. The maximum absolute atomic E-state index is 12.4. The summed E-state index contributed by atoms with van der Waals surface area (Å²) < 4.78 is 0. The molecule has 0 saturated heterocycles. The number of Topliss-reactive ketones (excluding diaryl/α,β-unsaturated/α-hetero) is 1. The van der Waals surface area contributed by atoms with Gasteiger partial charge in [0, 0.05) is 30.7 Å². The number of hydrogen-bond donors (Lipinski definition) is 3. The zero-order valence-corrected chi connectivity index (χ0v) is 16.0. The fourth-order valence-corrected chi connectivity index (χ4v) is 3.25. The highest BCUT2D eigenvalue weighted by molar-refractivity contribution is 6.54. The summed E-state index contributed by atoms with van der Waals surface area (Å²) in [4.78, 5) is 53.8. The maximum atomic E-state index is 12.4. The molecular weight excluding hydrogens is 388 g/mol. The van der Waals surface area contributed by atoms with Crippen molar-refractivity contribution in [3.63, 3.8) is 0 Å². The molecule has 0 unspecified atom stereocenters. The fourth-order valence-electron chi connectivity index (χ4n) is 3.25. The SMILES string of the molecule is CN(C)C(=O)c1cccc(Nc2nc3cc(C(=O)O)ccc3c3c2NC(=O)C3=O)c1. The molecular formula is C21H16N4O5. The van der Waals surface area contributed by atoms with E-state index >= 15 is 0 Å². The van der Waals surface area contributed by atoms with E-state index < -0.39 is 17.7 Å². The maximum Gasteiger partial charge on any atom is 0.335 e. The molecule has 1 aliphatic rings. The van der Waals surface area contributed by atoms with Crippen LogP contribution in [-0.4, -0.2) is 52.7 Å². The lowest BCUT2D eigenvalue weighted by Gasteiger charge is -2.14. The van der Waals surface area contributed by atoms with Gasteiger partial charge in [0.15, 0.2) is 5.82 Å². The Bertz CT molecular complexity index is 1270. The normalized spacial score (nSPS) is 12.5. The number of ketones is 1. The number of carboxylic acid groups (broad SMARTS) is 1. The van der Waals surface area contributed by atoms with Gasteiger partial charge in [-0.05, 0) is 30.3 Å². The highest BCUT2D eigenvalue weighted by Crippen LogP contribution is 2.37. The number of nitrogens with zero attached hydrogens (tertiary/aromatic N) is 2. The van der Waals surface area contributed by atoms with Crippen LogP contribution in [0.2, 0.25) is 0 Å². The second kappa shape index (κ2) is 6.96. The van der Waals surface area contributed by atoms with E-state index in [1.54, 1.807) is 38.4 Å². The highest BCUT2D eigenvalue weighted by Gasteiger charge is 2.33. The minimum atomic E-state index is -1.14. The molecule has 30 heavy (non-hydrogen) atoms. The number of rotatable bonds is 4. The third-order valence-corrected chi connectivity index (χ3v) is 4.68. The number of carbonyl (C=O) groups is 4. The number of nitrogens with one attached hydrogen (secondary N) is 2. The van der Waals surface area contributed by atoms with Crippen LogP contribution >= 0.6 is 0 Å². The Morgan fingerprint density at radius 1 is 1.07 bits per heavy atom. The van der Waals surface area contributed by atoms with Gasteiger partial charge in [-0.25, -0.2) is 9.78 Å². The van der Waals surface area contributed by atoms with Crippen LogP contribution in [0.25, 0.3) is 10.9 Å². The Hall–Kier alpha value is -4.27. The Labute approximate surface area is 170 Å². The quantitative estimate of drug-likeness (QED) is 0.570. The van der Waals surface area contributed by atoms with Crippen molar-refractivity contribution in [2.24, 2.45) is 0 Å². The molecule has 9 heteroatoms. The zero-order valence-electron chi connectivity index (χ0n) is 16.0. The zero-order chi connectivity index (χ0) is 21.6. The van der Waals surface area contributed by atoms with E-state index in [0.717, 1.165) is 0 Å². The molecule has 1 aliphatic heterocycles. The van der Waals surface area contributed by atoms with Crippen molar-refractivity contribution in [3.8, 4) is 0 Å². The molecule has 2 amide bonds. The molecule has 0 atom stereocenters. The molecule has 2 aromatic carbocycles. The van der Waals surface area contributed by atoms with Gasteiger partial charge >= 0.3 is 5.97 Å². The topological polar surface area (TPSA) is 129 Å². The predicted molar refractivity (Wildman–Crippen MR) is 109 cm³/mol. The second-order valence-corrected chi connectivity index (χ2v) is 6.94. The van der Waals surface area contributed by atoms with Gasteiger partial charge in [-0.15, -0.1) is 0 Å². The molecule has 0 bridgehead atoms. The number of amides is 2. The number of carboxylic acids is 1. The van der Waals surface area contributed by atoms with Crippen molar-refractivity contribution < 1.29 is 24.3 Å². The summed E-state index contributed by atoms with van der Waals surface area (Å²) in [5.74, 6) is -2.66. The number of hydrogen-bond acceptors (Lipinski definition) is 6. The highest BCUT2D eigenvalue weighted by atomic mass is 16.4. The summed E-state index contributed by atoms with van der Waals surface area (Å²) in [5, 5.41) is 15.2. The van der Waals surface area contributed by atoms with Gasteiger partial charge in [0.05, 0.1) is 22.3 Å². The van der Waals surface area contributed by atoms with Crippen LogP contribution in [0, 0.1) is 0 Å². The molecule has 3 N–H and O–H groups in total. The standard InChI is InChI=1S/C21H16N4O5/c1-25(2)20(28)10-4-3-5-12(8-10)22-18-16-15(17(26)19(27)24-16)13-7-6-11(21(29)30)9-14(13)23-18/h3-9H,1-2H3,(H,22,23)(H,29,30)(H,24,26,27). The number of aromatic carboxylic acids is 1. The first-order valence-electron chi connectivity index (χ1n) is 8.91. The number of aromatic nitrogens is 1. The number of fused-ring (bicyclic) bond motifs is 3. The summed E-state index contributed by atoms with van der Waals surface area (Å²) >= 11 is 0.